The summed E-state index contributed by atoms with van der Waals surface area (Å²) in [7, 11) is 3.26. The minimum Gasteiger partial charge on any atom is -0.493 e. The second-order valence-electron chi connectivity index (χ2n) is 6.12. The van der Waals surface area contributed by atoms with Crippen LogP contribution in [0.2, 0.25) is 0 Å². The van der Waals surface area contributed by atoms with E-state index in [0.29, 0.717) is 17.3 Å². The summed E-state index contributed by atoms with van der Waals surface area (Å²) in [5.41, 5.74) is 3.75. The van der Waals surface area contributed by atoms with Crippen molar-refractivity contribution >= 4 is 28.7 Å². The molecule has 0 unspecified atom stereocenters. The first-order chi connectivity index (χ1) is 13.6. The molecule has 0 N–H and O–H groups in total. The molecule has 0 radical (unpaired) electrons. The van der Waals surface area contributed by atoms with Gasteiger partial charge in [-0.3, -0.25) is 4.40 Å². The van der Waals surface area contributed by atoms with Gasteiger partial charge in [0.1, 0.15) is 10.8 Å². The highest BCUT2D eigenvalue weighted by molar-refractivity contribution is 7.98. The van der Waals surface area contributed by atoms with Gasteiger partial charge in [0.2, 0.25) is 0 Å². The number of fused-ring (bicyclic) bond motifs is 1. The molecule has 28 heavy (non-hydrogen) atoms. The number of nitrogens with zero attached hydrogens (tertiary/aromatic N) is 5. The molecule has 9 heteroatoms. The molecule has 0 saturated heterocycles. The van der Waals surface area contributed by atoms with Gasteiger partial charge in [-0.1, -0.05) is 11.8 Å². The fraction of sp³-hybridized carbons (Fsp3) is 0.263. The van der Waals surface area contributed by atoms with Crippen LogP contribution in [-0.2, 0) is 5.75 Å². The number of aryl methyl sites for hydroxylation is 2. The van der Waals surface area contributed by atoms with E-state index in [-0.39, 0.29) is 0 Å². The lowest BCUT2D eigenvalue weighted by Crippen LogP contribution is -1.98. The standard InChI is InChI=1S/C19H19N5O2S2/c1-11-7-17-22-23-19(24(17)12(2)20-11)28-10-14-9-27-18(21-14)13-5-6-15(25-3)16(8-13)26-4/h5-9H,10H2,1-4H3. The summed E-state index contributed by atoms with van der Waals surface area (Å²) < 4.78 is 12.7. The minimum absolute atomic E-state index is 0.694. The normalized spacial score (nSPS) is 11.1. The van der Waals surface area contributed by atoms with Gasteiger partial charge in [-0.2, -0.15) is 0 Å². The molecule has 0 bridgehead atoms. The third-order valence-corrected chi connectivity index (χ3v) is 6.09. The third kappa shape index (κ3) is 3.55. The Labute approximate surface area is 170 Å². The van der Waals surface area contributed by atoms with E-state index in [1.54, 1.807) is 37.3 Å². The van der Waals surface area contributed by atoms with Crippen LogP contribution < -0.4 is 9.47 Å². The summed E-state index contributed by atoms with van der Waals surface area (Å²) >= 11 is 3.21. The zero-order chi connectivity index (χ0) is 19.7. The molecule has 1 aromatic carbocycles. The van der Waals surface area contributed by atoms with Gasteiger partial charge in [0.15, 0.2) is 22.3 Å². The van der Waals surface area contributed by atoms with E-state index >= 15 is 0 Å². The summed E-state index contributed by atoms with van der Waals surface area (Å²) in [6, 6.07) is 7.75. The molecule has 0 spiro atoms. The van der Waals surface area contributed by atoms with Crippen LogP contribution in [0.15, 0.2) is 34.8 Å². The van der Waals surface area contributed by atoms with E-state index in [2.05, 4.69) is 20.6 Å². The number of thiazole rings is 1. The van der Waals surface area contributed by atoms with Crippen molar-refractivity contribution in [3.63, 3.8) is 0 Å². The summed E-state index contributed by atoms with van der Waals surface area (Å²) in [5.74, 6) is 2.99. The number of benzene rings is 1. The molecule has 3 aromatic heterocycles. The lowest BCUT2D eigenvalue weighted by molar-refractivity contribution is 0.355. The van der Waals surface area contributed by atoms with Gasteiger partial charge < -0.3 is 9.47 Å². The van der Waals surface area contributed by atoms with Crippen molar-refractivity contribution in [2.75, 3.05) is 14.2 Å². The van der Waals surface area contributed by atoms with Crippen LogP contribution in [0.4, 0.5) is 0 Å². The van der Waals surface area contributed by atoms with E-state index in [1.807, 2.05) is 42.5 Å². The lowest BCUT2D eigenvalue weighted by Gasteiger charge is -2.08. The molecule has 0 atom stereocenters. The van der Waals surface area contributed by atoms with E-state index < -0.39 is 0 Å². The van der Waals surface area contributed by atoms with Crippen LogP contribution in [-0.4, -0.2) is 38.8 Å². The first kappa shape index (κ1) is 18.7. The number of thioether (sulfide) groups is 1. The molecule has 0 aliphatic carbocycles. The molecule has 0 aliphatic rings. The molecule has 4 aromatic rings. The summed E-state index contributed by atoms with van der Waals surface area (Å²) in [6.45, 7) is 3.92. The Morgan fingerprint density at radius 2 is 1.86 bits per heavy atom. The monoisotopic (exact) mass is 413 g/mol. The van der Waals surface area contributed by atoms with Crippen molar-refractivity contribution < 1.29 is 9.47 Å². The Morgan fingerprint density at radius 3 is 2.64 bits per heavy atom. The Hall–Kier alpha value is -2.65. The molecule has 0 amide bonds. The van der Waals surface area contributed by atoms with Gasteiger partial charge >= 0.3 is 0 Å². The maximum absolute atomic E-state index is 5.39. The van der Waals surface area contributed by atoms with Crippen molar-refractivity contribution in [2.45, 2.75) is 24.8 Å². The lowest BCUT2D eigenvalue weighted by atomic mass is 10.2. The van der Waals surface area contributed by atoms with E-state index in [9.17, 15) is 0 Å². The van der Waals surface area contributed by atoms with Gasteiger partial charge in [-0.05, 0) is 32.0 Å². The molecule has 4 rings (SSSR count). The Bertz CT molecular complexity index is 1140. The second-order valence-corrected chi connectivity index (χ2v) is 7.92. The van der Waals surface area contributed by atoms with Crippen molar-refractivity contribution in [1.82, 2.24) is 24.6 Å². The number of aromatic nitrogens is 5. The van der Waals surface area contributed by atoms with Crippen LogP contribution in [0.25, 0.3) is 16.2 Å². The molecule has 0 aliphatic heterocycles. The highest BCUT2D eigenvalue weighted by atomic mass is 32.2. The highest BCUT2D eigenvalue weighted by Crippen LogP contribution is 2.34. The minimum atomic E-state index is 0.694. The van der Waals surface area contributed by atoms with Crippen LogP contribution in [0, 0.1) is 13.8 Å². The number of rotatable bonds is 6. The number of ether oxygens (including phenoxy) is 2. The topological polar surface area (TPSA) is 74.4 Å². The first-order valence-corrected chi connectivity index (χ1v) is 10.4. The average Bonchev–Trinajstić information content (AvgIpc) is 3.32. The smallest absolute Gasteiger partial charge is 0.197 e. The molecule has 0 fully saturated rings. The van der Waals surface area contributed by atoms with Gasteiger partial charge in [-0.15, -0.1) is 21.5 Å². The number of hydrogen-bond acceptors (Lipinski definition) is 8. The predicted octanol–water partition coefficient (Wildman–Crippen LogP) is 4.17. The van der Waals surface area contributed by atoms with Crippen LogP contribution in [0.3, 0.4) is 0 Å². The van der Waals surface area contributed by atoms with Gasteiger partial charge in [0, 0.05) is 28.5 Å². The average molecular weight is 414 g/mol. The van der Waals surface area contributed by atoms with Crippen LogP contribution in [0.1, 0.15) is 17.2 Å². The molecule has 3 heterocycles. The molecular weight excluding hydrogens is 394 g/mol. The van der Waals surface area contributed by atoms with Crippen molar-refractivity contribution in [1.29, 1.82) is 0 Å². The summed E-state index contributed by atoms with van der Waals surface area (Å²) in [6.07, 6.45) is 0. The first-order valence-electron chi connectivity index (χ1n) is 8.58. The van der Waals surface area contributed by atoms with E-state index in [1.165, 1.54) is 0 Å². The highest BCUT2D eigenvalue weighted by Gasteiger charge is 2.13. The molecule has 144 valence electrons. The number of hydrogen-bond donors (Lipinski definition) is 0. The molecular formula is C19H19N5O2S2. The zero-order valence-corrected chi connectivity index (χ0v) is 17.6. The van der Waals surface area contributed by atoms with E-state index in [0.717, 1.165) is 38.6 Å². The largest absolute Gasteiger partial charge is 0.493 e. The molecule has 0 saturated carbocycles. The van der Waals surface area contributed by atoms with Crippen molar-refractivity contribution in [3.05, 3.63) is 46.9 Å². The van der Waals surface area contributed by atoms with Gasteiger partial charge in [-0.25, -0.2) is 9.97 Å². The predicted molar refractivity (Wildman–Crippen MR) is 110 cm³/mol. The quantitative estimate of drug-likeness (QED) is 0.439. The summed E-state index contributed by atoms with van der Waals surface area (Å²) in [5, 5.41) is 12.4. The second kappa shape index (κ2) is 7.76. The van der Waals surface area contributed by atoms with Crippen molar-refractivity contribution in [2.24, 2.45) is 0 Å². The Balaban J connectivity index is 1.53. The van der Waals surface area contributed by atoms with Crippen LogP contribution >= 0.6 is 23.1 Å². The Kier molecular flexibility index (Phi) is 5.19. The third-order valence-electron chi connectivity index (χ3n) is 4.19. The van der Waals surface area contributed by atoms with Crippen LogP contribution in [0.5, 0.6) is 11.5 Å². The SMILES string of the molecule is COc1ccc(-c2nc(CSc3nnc4cc(C)nc(C)n34)cs2)cc1OC. The zero-order valence-electron chi connectivity index (χ0n) is 16.0. The maximum atomic E-state index is 5.39. The van der Waals surface area contributed by atoms with Gasteiger partial charge in [0.05, 0.1) is 19.9 Å². The van der Waals surface area contributed by atoms with Gasteiger partial charge in [0.25, 0.3) is 0 Å². The molecule has 7 nitrogen and oxygen atoms in total. The van der Waals surface area contributed by atoms with E-state index in [4.69, 9.17) is 14.5 Å². The van der Waals surface area contributed by atoms with Crippen molar-refractivity contribution in [3.8, 4) is 22.1 Å². The summed E-state index contributed by atoms with van der Waals surface area (Å²) in [4.78, 5) is 9.25. The Morgan fingerprint density at radius 1 is 1.04 bits per heavy atom. The fourth-order valence-electron chi connectivity index (χ4n) is 2.91. The fourth-order valence-corrected chi connectivity index (χ4v) is 4.71. The number of methoxy groups -OCH3 is 2. The maximum Gasteiger partial charge on any atom is 0.197 e.